The minimum Gasteiger partial charge on any atom is -0.490 e. The minimum absolute atomic E-state index is 0.463. The van der Waals surface area contributed by atoms with Gasteiger partial charge in [0, 0.05) is 17.1 Å². The highest BCUT2D eigenvalue weighted by Gasteiger charge is 2.10. The second-order valence-electron chi connectivity index (χ2n) is 5.37. The zero-order valence-electron chi connectivity index (χ0n) is 13.6. The lowest BCUT2D eigenvalue weighted by molar-refractivity contribution is 0.214. The number of hydrogen-bond donors (Lipinski definition) is 1. The summed E-state index contributed by atoms with van der Waals surface area (Å²) in [5.74, 6) is 1.70. The van der Waals surface area contributed by atoms with Crippen LogP contribution < -0.4 is 14.8 Å². The fourth-order valence-corrected chi connectivity index (χ4v) is 3.24. The lowest BCUT2D eigenvalue weighted by atomic mass is 10.1. The number of aryl methyl sites for hydroxylation is 2. The Morgan fingerprint density at radius 3 is 2.57 bits per heavy atom. The van der Waals surface area contributed by atoms with E-state index in [4.69, 9.17) is 21.1 Å². The first kappa shape index (κ1) is 18.1. The number of benzene rings is 2. The Labute approximate surface area is 151 Å². The van der Waals surface area contributed by atoms with Gasteiger partial charge in [-0.3, -0.25) is 0 Å². The molecule has 0 radical (unpaired) electrons. The zero-order chi connectivity index (χ0) is 16.8. The van der Waals surface area contributed by atoms with Crippen molar-refractivity contribution in [2.45, 2.75) is 20.4 Å². The molecule has 0 heterocycles. The average molecular weight is 399 g/mol. The van der Waals surface area contributed by atoms with Crippen LogP contribution in [0, 0.1) is 13.8 Å². The normalized spacial score (nSPS) is 10.7. The van der Waals surface area contributed by atoms with E-state index in [9.17, 15) is 0 Å². The number of nitrogens with one attached hydrogen (secondary N) is 1. The van der Waals surface area contributed by atoms with Crippen LogP contribution in [0.4, 0.5) is 0 Å². The number of rotatable bonds is 7. The van der Waals surface area contributed by atoms with E-state index in [0.717, 1.165) is 27.1 Å². The third kappa shape index (κ3) is 5.13. The molecule has 0 atom stereocenters. The van der Waals surface area contributed by atoms with Gasteiger partial charge in [-0.2, -0.15) is 0 Å². The highest BCUT2D eigenvalue weighted by molar-refractivity contribution is 9.10. The quantitative estimate of drug-likeness (QED) is 0.673. The second-order valence-corrected chi connectivity index (χ2v) is 6.66. The monoisotopic (exact) mass is 397 g/mol. The zero-order valence-corrected chi connectivity index (χ0v) is 15.9. The van der Waals surface area contributed by atoms with Crippen LogP contribution >= 0.6 is 27.5 Å². The van der Waals surface area contributed by atoms with E-state index in [2.05, 4.69) is 40.3 Å². The van der Waals surface area contributed by atoms with Crippen molar-refractivity contribution in [1.82, 2.24) is 5.32 Å². The maximum Gasteiger partial charge on any atom is 0.138 e. The summed E-state index contributed by atoms with van der Waals surface area (Å²) in [5, 5.41) is 3.80. The van der Waals surface area contributed by atoms with Crippen LogP contribution in [-0.2, 0) is 6.54 Å². The Kier molecular flexibility index (Phi) is 6.75. The van der Waals surface area contributed by atoms with Crippen LogP contribution in [0.5, 0.6) is 11.5 Å². The van der Waals surface area contributed by atoms with Crippen LogP contribution in [-0.4, -0.2) is 20.3 Å². The number of hydrogen-bond acceptors (Lipinski definition) is 3. The van der Waals surface area contributed by atoms with Gasteiger partial charge in [-0.1, -0.05) is 23.7 Å². The summed E-state index contributed by atoms with van der Waals surface area (Å²) in [6, 6.07) is 9.92. The molecule has 124 valence electrons. The van der Waals surface area contributed by atoms with Gasteiger partial charge in [0.1, 0.15) is 24.7 Å². The summed E-state index contributed by atoms with van der Waals surface area (Å²) >= 11 is 9.60. The van der Waals surface area contributed by atoms with Gasteiger partial charge in [0.05, 0.1) is 4.47 Å². The predicted molar refractivity (Wildman–Crippen MR) is 98.8 cm³/mol. The molecule has 5 heteroatoms. The lowest BCUT2D eigenvalue weighted by Gasteiger charge is -2.15. The molecule has 1 N–H and O–H groups in total. The molecule has 3 nitrogen and oxygen atoms in total. The number of halogens is 2. The first-order chi connectivity index (χ1) is 11.0. The molecule has 0 amide bonds. The molecule has 2 aromatic carbocycles. The van der Waals surface area contributed by atoms with Crippen LogP contribution in [0.3, 0.4) is 0 Å². The molecule has 0 saturated heterocycles. The molecular weight excluding hydrogens is 378 g/mol. The third-order valence-corrected chi connectivity index (χ3v) is 4.19. The average Bonchev–Trinajstić information content (AvgIpc) is 2.49. The summed E-state index contributed by atoms with van der Waals surface area (Å²) in [7, 11) is 1.89. The molecule has 0 aromatic heterocycles. The van der Waals surface area contributed by atoms with Crippen molar-refractivity contribution < 1.29 is 9.47 Å². The van der Waals surface area contributed by atoms with E-state index in [1.54, 1.807) is 0 Å². The SMILES string of the molecule is CNCc1cc(Cl)cc(Br)c1OCCOc1cc(C)ccc1C. The topological polar surface area (TPSA) is 30.5 Å². The molecule has 0 aliphatic carbocycles. The van der Waals surface area contributed by atoms with Crippen LogP contribution in [0.2, 0.25) is 5.02 Å². The molecule has 0 aliphatic rings. The Hall–Kier alpha value is -1.23. The predicted octanol–water partition coefficient (Wildman–Crippen LogP) is 4.90. The fraction of sp³-hybridized carbons (Fsp3) is 0.333. The molecule has 0 bridgehead atoms. The molecule has 0 fully saturated rings. The van der Waals surface area contributed by atoms with E-state index in [-0.39, 0.29) is 0 Å². The van der Waals surface area contributed by atoms with E-state index < -0.39 is 0 Å². The van der Waals surface area contributed by atoms with Crippen molar-refractivity contribution in [3.05, 3.63) is 56.5 Å². The molecule has 2 rings (SSSR count). The van der Waals surface area contributed by atoms with Gasteiger partial charge in [-0.15, -0.1) is 0 Å². The van der Waals surface area contributed by atoms with Gasteiger partial charge in [-0.25, -0.2) is 0 Å². The Bertz CT molecular complexity index is 676. The van der Waals surface area contributed by atoms with Gasteiger partial charge in [0.25, 0.3) is 0 Å². The van der Waals surface area contributed by atoms with E-state index in [1.165, 1.54) is 5.56 Å². The van der Waals surface area contributed by atoms with Crippen LogP contribution in [0.15, 0.2) is 34.8 Å². The summed E-state index contributed by atoms with van der Waals surface area (Å²) in [6.45, 7) is 5.73. The lowest BCUT2D eigenvalue weighted by Crippen LogP contribution is -2.13. The van der Waals surface area contributed by atoms with E-state index in [0.29, 0.717) is 24.8 Å². The first-order valence-corrected chi connectivity index (χ1v) is 8.63. The molecule has 2 aromatic rings. The summed E-state index contributed by atoms with van der Waals surface area (Å²) < 4.78 is 12.6. The van der Waals surface area contributed by atoms with Crippen molar-refractivity contribution >= 4 is 27.5 Å². The third-order valence-electron chi connectivity index (χ3n) is 3.38. The van der Waals surface area contributed by atoms with Gasteiger partial charge in [0.2, 0.25) is 0 Å². The Morgan fingerprint density at radius 1 is 1.09 bits per heavy atom. The first-order valence-electron chi connectivity index (χ1n) is 7.46. The largest absolute Gasteiger partial charge is 0.490 e. The highest BCUT2D eigenvalue weighted by atomic mass is 79.9. The van der Waals surface area contributed by atoms with Crippen LogP contribution in [0.1, 0.15) is 16.7 Å². The molecule has 0 unspecified atom stereocenters. The smallest absolute Gasteiger partial charge is 0.138 e. The van der Waals surface area contributed by atoms with Crippen molar-refractivity contribution in [2.75, 3.05) is 20.3 Å². The second kappa shape index (κ2) is 8.57. The maximum absolute atomic E-state index is 6.09. The summed E-state index contributed by atoms with van der Waals surface area (Å²) in [5.41, 5.74) is 3.32. The molecule has 0 spiro atoms. The van der Waals surface area contributed by atoms with Crippen molar-refractivity contribution in [1.29, 1.82) is 0 Å². The van der Waals surface area contributed by atoms with Crippen molar-refractivity contribution in [3.8, 4) is 11.5 Å². The Morgan fingerprint density at radius 2 is 1.83 bits per heavy atom. The Balaban J connectivity index is 1.97. The van der Waals surface area contributed by atoms with Gasteiger partial charge < -0.3 is 14.8 Å². The van der Waals surface area contributed by atoms with Gasteiger partial charge in [-0.05, 0) is 66.2 Å². The minimum atomic E-state index is 0.463. The molecule has 0 saturated carbocycles. The molecule has 23 heavy (non-hydrogen) atoms. The molecule has 0 aliphatic heterocycles. The highest BCUT2D eigenvalue weighted by Crippen LogP contribution is 2.32. The van der Waals surface area contributed by atoms with E-state index >= 15 is 0 Å². The summed E-state index contributed by atoms with van der Waals surface area (Å²) in [6.07, 6.45) is 0. The molecular formula is C18H21BrClNO2. The maximum atomic E-state index is 6.09. The van der Waals surface area contributed by atoms with Crippen LogP contribution in [0.25, 0.3) is 0 Å². The van der Waals surface area contributed by atoms with E-state index in [1.807, 2.05) is 32.2 Å². The van der Waals surface area contributed by atoms with Gasteiger partial charge >= 0.3 is 0 Å². The van der Waals surface area contributed by atoms with Crippen molar-refractivity contribution in [3.63, 3.8) is 0 Å². The van der Waals surface area contributed by atoms with Crippen molar-refractivity contribution in [2.24, 2.45) is 0 Å². The fourth-order valence-electron chi connectivity index (χ4n) is 2.26. The van der Waals surface area contributed by atoms with Gasteiger partial charge in [0.15, 0.2) is 0 Å². The summed E-state index contributed by atoms with van der Waals surface area (Å²) in [4.78, 5) is 0. The number of ether oxygens (including phenoxy) is 2. The standard InChI is InChI=1S/C18H21BrClNO2/c1-12-4-5-13(2)17(8-12)22-6-7-23-18-14(11-21-3)9-15(20)10-16(18)19/h4-5,8-10,21H,6-7,11H2,1-3H3.